The Morgan fingerprint density at radius 2 is 2.10 bits per heavy atom. The van der Waals surface area contributed by atoms with Crippen LogP contribution in [-0.4, -0.2) is 17.6 Å². The van der Waals surface area contributed by atoms with Crippen molar-refractivity contribution in [3.8, 4) is 0 Å². The first-order valence-electron chi connectivity index (χ1n) is 8.15. The van der Waals surface area contributed by atoms with Crippen LogP contribution in [0.2, 0.25) is 0 Å². The molecular formula is C16H26N2OS. The number of aromatic nitrogens is 1. The minimum Gasteiger partial charge on any atom is -0.371 e. The van der Waals surface area contributed by atoms with Crippen LogP contribution in [0.1, 0.15) is 67.6 Å². The maximum absolute atomic E-state index is 5.96. The normalized spacial score (nSPS) is 20.3. The van der Waals surface area contributed by atoms with Crippen molar-refractivity contribution in [2.45, 2.75) is 71.1 Å². The van der Waals surface area contributed by atoms with E-state index in [1.54, 1.807) is 0 Å². The highest BCUT2D eigenvalue weighted by Crippen LogP contribution is 2.44. The van der Waals surface area contributed by atoms with Crippen molar-refractivity contribution in [1.29, 1.82) is 0 Å². The van der Waals surface area contributed by atoms with Crippen LogP contribution < -0.4 is 5.32 Å². The standard InChI is InChI=1S/C16H26N2OS/c1-3-5-13-14(10-17-12-8-9-12)20-16(18-13)15(19-4-2)11-6-7-11/h11-12,15,17H,3-10H2,1-2H3. The van der Waals surface area contributed by atoms with E-state index in [1.165, 1.54) is 47.7 Å². The van der Waals surface area contributed by atoms with E-state index in [2.05, 4.69) is 19.2 Å². The van der Waals surface area contributed by atoms with Crippen LogP contribution in [0.4, 0.5) is 0 Å². The maximum Gasteiger partial charge on any atom is 0.122 e. The highest BCUT2D eigenvalue weighted by molar-refractivity contribution is 7.11. The Hall–Kier alpha value is -0.450. The zero-order chi connectivity index (χ0) is 13.9. The van der Waals surface area contributed by atoms with Gasteiger partial charge in [-0.25, -0.2) is 4.98 Å². The quantitative estimate of drug-likeness (QED) is 0.751. The summed E-state index contributed by atoms with van der Waals surface area (Å²) >= 11 is 1.89. The molecule has 3 nitrogen and oxygen atoms in total. The van der Waals surface area contributed by atoms with Gasteiger partial charge in [0, 0.05) is 24.1 Å². The summed E-state index contributed by atoms with van der Waals surface area (Å²) < 4.78 is 5.96. The molecule has 3 rings (SSSR count). The molecule has 0 spiro atoms. The van der Waals surface area contributed by atoms with Gasteiger partial charge in [0.25, 0.3) is 0 Å². The summed E-state index contributed by atoms with van der Waals surface area (Å²) in [6.45, 7) is 6.12. The molecule has 112 valence electrons. The first-order valence-corrected chi connectivity index (χ1v) is 8.96. The third-order valence-corrected chi connectivity index (χ3v) is 5.21. The zero-order valence-electron chi connectivity index (χ0n) is 12.7. The van der Waals surface area contributed by atoms with Crippen molar-refractivity contribution in [2.24, 2.45) is 5.92 Å². The van der Waals surface area contributed by atoms with Crippen LogP contribution in [0.3, 0.4) is 0 Å². The second-order valence-electron chi connectivity index (χ2n) is 6.04. The zero-order valence-corrected chi connectivity index (χ0v) is 13.5. The molecule has 0 saturated heterocycles. The molecule has 20 heavy (non-hydrogen) atoms. The number of thiazole rings is 1. The fourth-order valence-corrected chi connectivity index (χ4v) is 3.81. The van der Waals surface area contributed by atoms with Crippen LogP contribution in [-0.2, 0) is 17.7 Å². The molecular weight excluding hydrogens is 268 g/mol. The molecule has 2 aliphatic rings. The first kappa shape index (κ1) is 14.5. The molecule has 4 heteroatoms. The average molecular weight is 294 g/mol. The average Bonchev–Trinajstić information content (AvgIpc) is 3.33. The summed E-state index contributed by atoms with van der Waals surface area (Å²) in [7, 11) is 0. The van der Waals surface area contributed by atoms with Crippen molar-refractivity contribution in [3.05, 3.63) is 15.6 Å². The van der Waals surface area contributed by atoms with E-state index in [1.807, 2.05) is 11.3 Å². The third kappa shape index (κ3) is 3.60. The Kier molecular flexibility index (Phi) is 4.74. The Labute approximate surface area is 126 Å². The number of aryl methyl sites for hydroxylation is 1. The van der Waals surface area contributed by atoms with Gasteiger partial charge in [-0.1, -0.05) is 13.3 Å². The molecule has 0 aliphatic heterocycles. The van der Waals surface area contributed by atoms with E-state index in [0.29, 0.717) is 0 Å². The first-order chi connectivity index (χ1) is 9.81. The number of hydrogen-bond acceptors (Lipinski definition) is 4. The second kappa shape index (κ2) is 6.54. The summed E-state index contributed by atoms with van der Waals surface area (Å²) in [4.78, 5) is 6.38. The number of rotatable bonds is 9. The Morgan fingerprint density at radius 1 is 1.30 bits per heavy atom. The topological polar surface area (TPSA) is 34.1 Å². The van der Waals surface area contributed by atoms with Gasteiger partial charge in [-0.2, -0.15) is 0 Å². The predicted molar refractivity (Wildman–Crippen MR) is 83.1 cm³/mol. The summed E-state index contributed by atoms with van der Waals surface area (Å²) in [5.41, 5.74) is 1.31. The molecule has 1 N–H and O–H groups in total. The van der Waals surface area contributed by atoms with Gasteiger partial charge in [-0.15, -0.1) is 11.3 Å². The van der Waals surface area contributed by atoms with Crippen molar-refractivity contribution in [1.82, 2.24) is 10.3 Å². The van der Waals surface area contributed by atoms with Crippen molar-refractivity contribution in [3.63, 3.8) is 0 Å². The second-order valence-corrected chi connectivity index (χ2v) is 7.16. The summed E-state index contributed by atoms with van der Waals surface area (Å²) in [5, 5.41) is 4.86. The molecule has 1 aromatic heterocycles. The number of nitrogens with one attached hydrogen (secondary N) is 1. The molecule has 2 fully saturated rings. The fourth-order valence-electron chi connectivity index (χ4n) is 2.61. The van der Waals surface area contributed by atoms with Gasteiger partial charge in [0.1, 0.15) is 11.1 Å². The molecule has 1 unspecified atom stereocenters. The molecule has 0 bridgehead atoms. The largest absolute Gasteiger partial charge is 0.371 e. The van der Waals surface area contributed by atoms with Gasteiger partial charge in [0.05, 0.1) is 5.69 Å². The highest BCUT2D eigenvalue weighted by atomic mass is 32.1. The SMILES string of the molecule is CCCc1nc(C(OCC)C2CC2)sc1CNC1CC1. The lowest BCUT2D eigenvalue weighted by molar-refractivity contribution is 0.0461. The van der Waals surface area contributed by atoms with Crippen molar-refractivity contribution in [2.75, 3.05) is 6.61 Å². The van der Waals surface area contributed by atoms with Gasteiger partial charge < -0.3 is 10.1 Å². The smallest absolute Gasteiger partial charge is 0.122 e. The number of ether oxygens (including phenoxy) is 1. The van der Waals surface area contributed by atoms with Gasteiger partial charge in [-0.3, -0.25) is 0 Å². The van der Waals surface area contributed by atoms with E-state index in [9.17, 15) is 0 Å². The van der Waals surface area contributed by atoms with Gasteiger partial charge in [0.15, 0.2) is 0 Å². The van der Waals surface area contributed by atoms with Crippen LogP contribution in [0, 0.1) is 5.92 Å². The maximum atomic E-state index is 5.96. The molecule has 1 heterocycles. The van der Waals surface area contributed by atoms with Crippen LogP contribution >= 0.6 is 11.3 Å². The lowest BCUT2D eigenvalue weighted by Gasteiger charge is -2.12. The molecule has 0 aromatic carbocycles. The van der Waals surface area contributed by atoms with E-state index in [4.69, 9.17) is 9.72 Å². The minimum atomic E-state index is 0.260. The molecule has 0 radical (unpaired) electrons. The molecule has 1 aromatic rings. The van der Waals surface area contributed by atoms with Crippen molar-refractivity contribution >= 4 is 11.3 Å². The fraction of sp³-hybridized carbons (Fsp3) is 0.812. The molecule has 0 amide bonds. The predicted octanol–water partition coefficient (Wildman–Crippen LogP) is 3.84. The number of nitrogens with zero attached hydrogens (tertiary/aromatic N) is 1. The molecule has 2 saturated carbocycles. The summed E-state index contributed by atoms with van der Waals surface area (Å²) in [6.07, 6.45) is 7.84. The lowest BCUT2D eigenvalue weighted by atomic mass is 10.2. The van der Waals surface area contributed by atoms with Crippen molar-refractivity contribution < 1.29 is 4.74 Å². The van der Waals surface area contributed by atoms with E-state index >= 15 is 0 Å². The van der Waals surface area contributed by atoms with E-state index in [0.717, 1.165) is 31.5 Å². The van der Waals surface area contributed by atoms with Crippen LogP contribution in [0.25, 0.3) is 0 Å². The van der Waals surface area contributed by atoms with Gasteiger partial charge in [0.2, 0.25) is 0 Å². The van der Waals surface area contributed by atoms with E-state index < -0.39 is 0 Å². The van der Waals surface area contributed by atoms with Crippen LogP contribution in [0.15, 0.2) is 0 Å². The monoisotopic (exact) mass is 294 g/mol. The molecule has 2 aliphatic carbocycles. The highest BCUT2D eigenvalue weighted by Gasteiger charge is 2.35. The van der Waals surface area contributed by atoms with Gasteiger partial charge in [-0.05, 0) is 44.9 Å². The Bertz CT molecular complexity index is 438. The molecule has 1 atom stereocenters. The minimum absolute atomic E-state index is 0.260. The summed E-state index contributed by atoms with van der Waals surface area (Å²) in [5.74, 6) is 0.722. The van der Waals surface area contributed by atoms with E-state index in [-0.39, 0.29) is 6.10 Å². The summed E-state index contributed by atoms with van der Waals surface area (Å²) in [6, 6.07) is 0.765. The van der Waals surface area contributed by atoms with Crippen LogP contribution in [0.5, 0.6) is 0 Å². The number of hydrogen-bond donors (Lipinski definition) is 1. The lowest BCUT2D eigenvalue weighted by Crippen LogP contribution is -2.15. The Morgan fingerprint density at radius 3 is 2.70 bits per heavy atom. The van der Waals surface area contributed by atoms with Gasteiger partial charge >= 0.3 is 0 Å². The third-order valence-electron chi connectivity index (χ3n) is 4.05. The Balaban J connectivity index is 1.73.